The topological polar surface area (TPSA) is 114 Å². The van der Waals surface area contributed by atoms with Crippen LogP contribution in [-0.2, 0) is 40.4 Å². The number of carboxylic acid groups (broad SMARTS) is 1. The lowest BCUT2D eigenvalue weighted by atomic mass is 9.98. The normalized spacial score (nSPS) is 13.1. The van der Waals surface area contributed by atoms with E-state index in [0.29, 0.717) is 42.5 Å². The van der Waals surface area contributed by atoms with Crippen molar-refractivity contribution in [3.05, 3.63) is 140 Å². The molecule has 0 fully saturated rings. The van der Waals surface area contributed by atoms with Crippen molar-refractivity contribution in [2.75, 3.05) is 7.11 Å². The number of rotatable bonds is 14. The molecule has 10 heteroatoms. The molecule has 0 atom stereocenters. The number of H-pyrrole nitrogens is 2. The molecule has 0 bridgehead atoms. The van der Waals surface area contributed by atoms with Crippen molar-refractivity contribution in [3.63, 3.8) is 0 Å². The number of hydrogen-bond donors (Lipinski definition) is 3. The van der Waals surface area contributed by atoms with Gasteiger partial charge in [0.2, 0.25) is 0 Å². The fourth-order valence-electron chi connectivity index (χ4n) is 7.99. The van der Waals surface area contributed by atoms with Crippen molar-refractivity contribution in [1.29, 1.82) is 0 Å². The van der Waals surface area contributed by atoms with Gasteiger partial charge in [0.25, 0.3) is 0 Å². The maximum absolute atomic E-state index is 11.4. The van der Waals surface area contributed by atoms with Gasteiger partial charge in [-0.25, -0.2) is 0 Å². The second-order valence-corrected chi connectivity index (χ2v) is 16.1. The zero-order chi connectivity index (χ0) is 41.5. The van der Waals surface area contributed by atoms with Gasteiger partial charge in [0.15, 0.2) is 0 Å². The zero-order valence-corrected chi connectivity index (χ0v) is 35.3. The standard InChI is InChI=1S/C25H26ClNO3.C24H24ClNO3.2CH4/c1-16-13-17(7-9-20(16)18-5-3-4-6-18)15-30-19-8-10-22-21(14-19)25(26)23(27-22)11-12-24(28)29-2;1-15-12-16(6-8-19(15)17-4-2-3-5-17)14-29-18-7-9-21-20(13-18)24(25)22(26-21)10-11-23(27)28;;/h5,7-10,13-14,27H,3-4,6,11-12,15H2,1-2H3;4,6-9,12-13,26H,2-3,5,10-11,14H2,1H3,(H,27,28);2*1H4. The Morgan fingerprint density at radius 1 is 0.656 bits per heavy atom. The zero-order valence-electron chi connectivity index (χ0n) is 33.8. The smallest absolute Gasteiger partial charge is 0.305 e. The number of halogens is 2. The summed E-state index contributed by atoms with van der Waals surface area (Å²) in [6.45, 7) is 5.31. The van der Waals surface area contributed by atoms with Gasteiger partial charge in [0.1, 0.15) is 24.7 Å². The Morgan fingerprint density at radius 2 is 1.11 bits per heavy atom. The average Bonchev–Trinajstić information content (AvgIpc) is 4.07. The lowest BCUT2D eigenvalue weighted by molar-refractivity contribution is -0.140. The van der Waals surface area contributed by atoms with Crippen molar-refractivity contribution in [3.8, 4) is 11.5 Å². The SMILES string of the molecule is C.C.COC(=O)CCc1[nH]c2ccc(OCc3ccc(C4=CCCC4)c(C)c3)cc2c1Cl.Cc1cc(COc2ccc3[nH]c(CCC(=O)O)c(Cl)c3c2)ccc1C1=CCCC1. The van der Waals surface area contributed by atoms with Gasteiger partial charge in [0, 0.05) is 33.2 Å². The van der Waals surface area contributed by atoms with Crippen LogP contribution in [0.1, 0.15) is 111 Å². The Kier molecular flexibility index (Phi) is 16.3. The molecule has 0 amide bonds. The highest BCUT2D eigenvalue weighted by Crippen LogP contribution is 2.35. The van der Waals surface area contributed by atoms with Crippen molar-refractivity contribution in [2.45, 2.75) is 106 Å². The monoisotopic (exact) mass is 864 g/mol. The summed E-state index contributed by atoms with van der Waals surface area (Å²) in [7, 11) is 1.39. The molecular weight excluding hydrogens is 807 g/mol. The van der Waals surface area contributed by atoms with Crippen LogP contribution in [0.5, 0.6) is 11.5 Å². The molecule has 2 aliphatic carbocycles. The summed E-state index contributed by atoms with van der Waals surface area (Å²) in [5.74, 6) is 0.417. The first-order valence-electron chi connectivity index (χ1n) is 20.3. The third-order valence-electron chi connectivity index (χ3n) is 11.1. The predicted octanol–water partition coefficient (Wildman–Crippen LogP) is 13.9. The summed E-state index contributed by atoms with van der Waals surface area (Å²) >= 11 is 13.0. The first kappa shape index (κ1) is 46.6. The Labute approximate surface area is 369 Å². The van der Waals surface area contributed by atoms with Crippen LogP contribution in [-0.4, -0.2) is 34.1 Å². The number of aliphatic carboxylic acids is 1. The molecule has 2 aliphatic rings. The Bertz CT molecular complexity index is 2560. The van der Waals surface area contributed by atoms with Gasteiger partial charge in [-0.05, 0) is 146 Å². The number of nitrogens with one attached hydrogen (secondary N) is 2. The minimum absolute atomic E-state index is 0. The fourth-order valence-corrected chi connectivity index (χ4v) is 8.59. The van der Waals surface area contributed by atoms with Gasteiger partial charge < -0.3 is 29.3 Å². The first-order chi connectivity index (χ1) is 28.6. The lowest BCUT2D eigenvalue weighted by Gasteiger charge is -2.11. The highest BCUT2D eigenvalue weighted by Gasteiger charge is 2.15. The quantitative estimate of drug-likeness (QED) is 0.0940. The largest absolute Gasteiger partial charge is 0.489 e. The second-order valence-electron chi connectivity index (χ2n) is 15.3. The highest BCUT2D eigenvalue weighted by atomic mass is 35.5. The van der Waals surface area contributed by atoms with Crippen LogP contribution in [0.25, 0.3) is 33.0 Å². The van der Waals surface area contributed by atoms with E-state index in [4.69, 9.17) is 42.5 Å². The van der Waals surface area contributed by atoms with Gasteiger partial charge in [-0.3, -0.25) is 9.59 Å². The fraction of sp³-hybridized carbons (Fsp3) is 0.333. The van der Waals surface area contributed by atoms with E-state index in [1.807, 2.05) is 36.4 Å². The van der Waals surface area contributed by atoms with Crippen LogP contribution in [0.2, 0.25) is 10.0 Å². The number of aromatic amines is 2. The third kappa shape index (κ3) is 11.5. The molecule has 4 aromatic carbocycles. The maximum atomic E-state index is 11.4. The van der Waals surface area contributed by atoms with Crippen LogP contribution in [0, 0.1) is 13.8 Å². The van der Waals surface area contributed by atoms with Crippen LogP contribution < -0.4 is 9.47 Å². The summed E-state index contributed by atoms with van der Waals surface area (Å²) < 4.78 is 16.7. The van der Waals surface area contributed by atoms with Crippen molar-refractivity contribution >= 4 is 68.1 Å². The molecule has 0 radical (unpaired) electrons. The Morgan fingerprint density at radius 3 is 1.51 bits per heavy atom. The van der Waals surface area contributed by atoms with Gasteiger partial charge in [-0.2, -0.15) is 0 Å². The molecule has 2 heterocycles. The molecule has 0 spiro atoms. The summed E-state index contributed by atoms with van der Waals surface area (Å²) in [4.78, 5) is 28.7. The van der Waals surface area contributed by atoms with Gasteiger partial charge >= 0.3 is 11.9 Å². The molecule has 8 rings (SSSR count). The van der Waals surface area contributed by atoms with E-state index in [9.17, 15) is 9.59 Å². The molecule has 322 valence electrons. The second kappa shape index (κ2) is 21.4. The van der Waals surface area contributed by atoms with E-state index in [1.54, 1.807) is 0 Å². The lowest BCUT2D eigenvalue weighted by Crippen LogP contribution is -2.02. The number of aromatic nitrogens is 2. The number of carbonyl (C=O) groups excluding carboxylic acids is 1. The number of methoxy groups -OCH3 is 1. The molecule has 0 unspecified atom stereocenters. The molecule has 0 aliphatic heterocycles. The van der Waals surface area contributed by atoms with Gasteiger partial charge in [-0.15, -0.1) is 0 Å². The van der Waals surface area contributed by atoms with Gasteiger partial charge in [-0.1, -0.05) is 86.6 Å². The number of carbonyl (C=O) groups is 2. The molecule has 6 aromatic rings. The molecule has 61 heavy (non-hydrogen) atoms. The maximum Gasteiger partial charge on any atom is 0.305 e. The van der Waals surface area contributed by atoms with Crippen molar-refractivity contribution < 1.29 is 28.9 Å². The summed E-state index contributed by atoms with van der Waals surface area (Å²) in [5.41, 5.74) is 13.9. The Hall–Kier alpha value is -5.44. The van der Waals surface area contributed by atoms with E-state index in [2.05, 4.69) is 72.4 Å². The number of ether oxygens (including phenoxy) is 3. The first-order valence-corrected chi connectivity index (χ1v) is 21.0. The van der Waals surface area contributed by atoms with Crippen molar-refractivity contribution in [2.24, 2.45) is 0 Å². The highest BCUT2D eigenvalue weighted by molar-refractivity contribution is 6.37. The number of aryl methyl sites for hydroxylation is 4. The molecule has 3 N–H and O–H groups in total. The predicted molar refractivity (Wildman–Crippen MR) is 251 cm³/mol. The third-order valence-corrected chi connectivity index (χ3v) is 12.0. The van der Waals surface area contributed by atoms with Crippen molar-refractivity contribution in [1.82, 2.24) is 9.97 Å². The number of fused-ring (bicyclic) bond motifs is 2. The number of esters is 1. The summed E-state index contributed by atoms with van der Waals surface area (Å²) in [6, 6.07) is 24.7. The summed E-state index contributed by atoms with van der Waals surface area (Å²) in [5, 5.41) is 11.8. The number of carboxylic acids is 1. The van der Waals surface area contributed by atoms with E-state index in [1.165, 1.54) is 79.0 Å². The van der Waals surface area contributed by atoms with Crippen LogP contribution in [0.3, 0.4) is 0 Å². The van der Waals surface area contributed by atoms with Crippen LogP contribution in [0.4, 0.5) is 0 Å². The molecule has 8 nitrogen and oxygen atoms in total. The molecule has 0 saturated heterocycles. The Balaban J connectivity index is 0.000000224. The molecular formula is C51H58Cl2N2O6. The number of benzene rings is 4. The molecule has 0 saturated carbocycles. The minimum Gasteiger partial charge on any atom is -0.489 e. The number of allylic oxidation sites excluding steroid dienone is 4. The summed E-state index contributed by atoms with van der Waals surface area (Å²) in [6.07, 6.45) is 13.2. The van der Waals surface area contributed by atoms with E-state index < -0.39 is 5.97 Å². The van der Waals surface area contributed by atoms with E-state index >= 15 is 0 Å². The van der Waals surface area contributed by atoms with Crippen LogP contribution >= 0.6 is 23.2 Å². The molecule has 2 aromatic heterocycles. The average molecular weight is 866 g/mol. The van der Waals surface area contributed by atoms with E-state index in [0.717, 1.165) is 55.8 Å². The van der Waals surface area contributed by atoms with Crippen LogP contribution in [0.15, 0.2) is 84.9 Å². The number of hydrogen-bond acceptors (Lipinski definition) is 5. The van der Waals surface area contributed by atoms with Gasteiger partial charge in [0.05, 0.1) is 30.0 Å². The minimum atomic E-state index is -0.839. The van der Waals surface area contributed by atoms with E-state index in [-0.39, 0.29) is 27.2 Å².